The van der Waals surface area contributed by atoms with Gasteiger partial charge in [-0.05, 0) is 37.0 Å². The first-order chi connectivity index (χ1) is 8.61. The average Bonchev–Trinajstić information content (AvgIpc) is 2.77. The van der Waals surface area contributed by atoms with Crippen LogP contribution in [-0.2, 0) is 0 Å². The molecule has 0 spiro atoms. The highest BCUT2D eigenvalue weighted by atomic mass is 79.9. The number of carbonyl (C=O) groups is 1. The molecule has 1 aromatic rings. The molecule has 1 aliphatic rings. The number of halogens is 3. The van der Waals surface area contributed by atoms with Crippen molar-refractivity contribution in [2.75, 3.05) is 19.0 Å². The van der Waals surface area contributed by atoms with E-state index < -0.39 is 0 Å². The van der Waals surface area contributed by atoms with Crippen molar-refractivity contribution in [3.63, 3.8) is 0 Å². The van der Waals surface area contributed by atoms with E-state index in [9.17, 15) is 4.79 Å². The van der Waals surface area contributed by atoms with Crippen molar-refractivity contribution in [3.05, 3.63) is 33.3 Å². The Balaban J connectivity index is 2.08. The molecular formula is C13H14BrCl2NO. The molecule has 0 radical (unpaired) electrons. The summed E-state index contributed by atoms with van der Waals surface area (Å²) in [6.45, 7) is 1.59. The molecular weight excluding hydrogens is 337 g/mol. The molecule has 0 N–H and O–H groups in total. The summed E-state index contributed by atoms with van der Waals surface area (Å²) < 4.78 is 0.880. The van der Waals surface area contributed by atoms with Crippen LogP contribution < -0.4 is 0 Å². The summed E-state index contributed by atoms with van der Waals surface area (Å²) in [6, 6.07) is 5.36. The Labute approximate surface area is 125 Å². The first-order valence-corrected chi connectivity index (χ1v) is 7.62. The smallest absolute Gasteiger partial charge is 0.255 e. The zero-order chi connectivity index (χ0) is 13.1. The van der Waals surface area contributed by atoms with Crippen molar-refractivity contribution in [1.82, 2.24) is 4.90 Å². The van der Waals surface area contributed by atoms with Gasteiger partial charge in [0, 0.05) is 23.4 Å². The topological polar surface area (TPSA) is 20.3 Å². The summed E-state index contributed by atoms with van der Waals surface area (Å²) >= 11 is 15.2. The van der Waals surface area contributed by atoms with Crippen LogP contribution in [0.1, 0.15) is 23.2 Å². The summed E-state index contributed by atoms with van der Waals surface area (Å²) in [7, 11) is 0. The fourth-order valence-corrected chi connectivity index (χ4v) is 3.30. The van der Waals surface area contributed by atoms with Crippen LogP contribution in [0.3, 0.4) is 0 Å². The van der Waals surface area contributed by atoms with E-state index >= 15 is 0 Å². The van der Waals surface area contributed by atoms with Crippen molar-refractivity contribution in [2.45, 2.75) is 12.8 Å². The number of rotatable bonds is 3. The number of carbonyl (C=O) groups excluding carboxylic acids is 1. The minimum atomic E-state index is 0.0181. The third-order valence-electron chi connectivity index (χ3n) is 3.25. The maximum Gasteiger partial charge on any atom is 0.255 e. The Hall–Kier alpha value is -0.250. The van der Waals surface area contributed by atoms with Crippen LogP contribution in [0.25, 0.3) is 0 Å². The zero-order valence-corrected chi connectivity index (χ0v) is 12.9. The number of hydrogen-bond acceptors (Lipinski definition) is 1. The number of amides is 1. The molecule has 98 valence electrons. The maximum absolute atomic E-state index is 12.3. The van der Waals surface area contributed by atoms with Crippen molar-refractivity contribution < 1.29 is 4.79 Å². The van der Waals surface area contributed by atoms with E-state index in [1.165, 1.54) is 0 Å². The molecule has 1 aromatic carbocycles. The molecule has 1 unspecified atom stereocenters. The monoisotopic (exact) mass is 349 g/mol. The van der Waals surface area contributed by atoms with Gasteiger partial charge in [-0.2, -0.15) is 0 Å². The number of alkyl halides is 1. The molecule has 1 aliphatic heterocycles. The summed E-state index contributed by atoms with van der Waals surface area (Å²) in [5.74, 6) is 1.20. The van der Waals surface area contributed by atoms with Gasteiger partial charge in [-0.3, -0.25) is 4.79 Å². The van der Waals surface area contributed by atoms with Crippen LogP contribution in [-0.4, -0.2) is 29.8 Å². The van der Waals surface area contributed by atoms with E-state index in [2.05, 4.69) is 15.9 Å². The first kappa shape index (κ1) is 14.2. The molecule has 1 heterocycles. The van der Waals surface area contributed by atoms with Gasteiger partial charge >= 0.3 is 0 Å². The quantitative estimate of drug-likeness (QED) is 0.748. The molecule has 18 heavy (non-hydrogen) atoms. The SMILES string of the molecule is O=C(c1ccc(Br)cc1Cl)N1CCC(CCCl)C1. The number of likely N-dealkylation sites (tertiary alicyclic amines) is 1. The lowest BCUT2D eigenvalue weighted by Gasteiger charge is -2.17. The lowest BCUT2D eigenvalue weighted by atomic mass is 10.1. The minimum Gasteiger partial charge on any atom is -0.338 e. The molecule has 1 atom stereocenters. The van der Waals surface area contributed by atoms with Gasteiger partial charge < -0.3 is 4.90 Å². The second kappa shape index (κ2) is 6.27. The fourth-order valence-electron chi connectivity index (χ4n) is 2.24. The lowest BCUT2D eigenvalue weighted by molar-refractivity contribution is 0.0787. The van der Waals surface area contributed by atoms with Crippen LogP contribution in [0.2, 0.25) is 5.02 Å². The summed E-state index contributed by atoms with van der Waals surface area (Å²) in [4.78, 5) is 14.2. The van der Waals surface area contributed by atoms with Crippen LogP contribution in [0.15, 0.2) is 22.7 Å². The molecule has 0 aliphatic carbocycles. The molecule has 0 aromatic heterocycles. The van der Waals surface area contributed by atoms with E-state index in [1.54, 1.807) is 12.1 Å². The van der Waals surface area contributed by atoms with Crippen LogP contribution in [0.5, 0.6) is 0 Å². The van der Waals surface area contributed by atoms with Gasteiger partial charge in [-0.15, -0.1) is 11.6 Å². The summed E-state index contributed by atoms with van der Waals surface area (Å²) in [5, 5.41) is 0.496. The standard InChI is InChI=1S/C13H14BrCl2NO/c14-10-1-2-11(12(16)7-10)13(18)17-6-4-9(8-17)3-5-15/h1-2,7,9H,3-6,8H2. The van der Waals surface area contributed by atoms with Crippen molar-refractivity contribution >= 4 is 45.0 Å². The van der Waals surface area contributed by atoms with E-state index in [0.29, 0.717) is 22.4 Å². The Bertz CT molecular complexity index is 453. The first-order valence-electron chi connectivity index (χ1n) is 5.92. The Kier molecular flexibility index (Phi) is 4.93. The number of nitrogens with zero attached hydrogens (tertiary/aromatic N) is 1. The molecule has 0 saturated carbocycles. The van der Waals surface area contributed by atoms with Gasteiger partial charge in [0.1, 0.15) is 0 Å². The highest BCUT2D eigenvalue weighted by Crippen LogP contribution is 2.26. The zero-order valence-electron chi connectivity index (χ0n) is 9.83. The fraction of sp³-hybridized carbons (Fsp3) is 0.462. The van der Waals surface area contributed by atoms with E-state index in [4.69, 9.17) is 23.2 Å². The van der Waals surface area contributed by atoms with Crippen molar-refractivity contribution in [3.8, 4) is 0 Å². The normalized spacial score (nSPS) is 19.3. The summed E-state index contributed by atoms with van der Waals surface area (Å²) in [5.41, 5.74) is 0.575. The predicted molar refractivity (Wildman–Crippen MR) is 78.5 cm³/mol. The Morgan fingerprint density at radius 2 is 2.28 bits per heavy atom. The molecule has 1 amide bonds. The molecule has 1 saturated heterocycles. The number of hydrogen-bond donors (Lipinski definition) is 0. The van der Waals surface area contributed by atoms with Crippen molar-refractivity contribution in [2.24, 2.45) is 5.92 Å². The lowest BCUT2D eigenvalue weighted by Crippen LogP contribution is -2.29. The second-order valence-corrected chi connectivity index (χ2v) is 6.21. The maximum atomic E-state index is 12.3. The molecule has 0 bridgehead atoms. The highest BCUT2D eigenvalue weighted by Gasteiger charge is 2.27. The van der Waals surface area contributed by atoms with Crippen molar-refractivity contribution in [1.29, 1.82) is 0 Å². The molecule has 1 fully saturated rings. The molecule has 2 nitrogen and oxygen atoms in total. The predicted octanol–water partition coefficient (Wildman–Crippen LogP) is 4.19. The Morgan fingerprint density at radius 1 is 1.50 bits per heavy atom. The highest BCUT2D eigenvalue weighted by molar-refractivity contribution is 9.10. The third kappa shape index (κ3) is 3.19. The summed E-state index contributed by atoms with van der Waals surface area (Å²) in [6.07, 6.45) is 2.01. The van der Waals surface area contributed by atoms with Crippen LogP contribution in [0, 0.1) is 5.92 Å². The molecule has 2 rings (SSSR count). The van der Waals surface area contributed by atoms with Gasteiger partial charge in [0.05, 0.1) is 10.6 Å². The van der Waals surface area contributed by atoms with Gasteiger partial charge in [-0.1, -0.05) is 27.5 Å². The van der Waals surface area contributed by atoms with E-state index in [1.807, 2.05) is 11.0 Å². The van der Waals surface area contributed by atoms with Gasteiger partial charge in [0.2, 0.25) is 0 Å². The van der Waals surface area contributed by atoms with Gasteiger partial charge in [0.15, 0.2) is 0 Å². The second-order valence-electron chi connectivity index (χ2n) is 4.51. The van der Waals surface area contributed by atoms with Gasteiger partial charge in [0.25, 0.3) is 5.91 Å². The van der Waals surface area contributed by atoms with E-state index in [-0.39, 0.29) is 5.91 Å². The van der Waals surface area contributed by atoms with Gasteiger partial charge in [-0.25, -0.2) is 0 Å². The van der Waals surface area contributed by atoms with Crippen LogP contribution in [0.4, 0.5) is 0 Å². The molecule has 5 heteroatoms. The average molecular weight is 351 g/mol. The minimum absolute atomic E-state index is 0.0181. The Morgan fingerprint density at radius 3 is 2.94 bits per heavy atom. The van der Waals surface area contributed by atoms with E-state index in [0.717, 1.165) is 30.4 Å². The third-order valence-corrected chi connectivity index (χ3v) is 4.28. The van der Waals surface area contributed by atoms with Crippen LogP contribution >= 0.6 is 39.1 Å². The largest absolute Gasteiger partial charge is 0.338 e. The number of benzene rings is 1.